The van der Waals surface area contributed by atoms with Crippen LogP contribution in [0.4, 0.5) is 14.5 Å². The maximum absolute atomic E-state index is 13.4. The van der Waals surface area contributed by atoms with E-state index < -0.39 is 17.7 Å². The second-order valence-corrected chi connectivity index (χ2v) is 7.07. The summed E-state index contributed by atoms with van der Waals surface area (Å²) < 4.78 is 37.2. The van der Waals surface area contributed by atoms with Crippen LogP contribution in [0.1, 0.15) is 11.8 Å². The normalized spacial score (nSPS) is 11.7. The maximum atomic E-state index is 13.4. The van der Waals surface area contributed by atoms with E-state index in [2.05, 4.69) is 0 Å². The van der Waals surface area contributed by atoms with Gasteiger partial charge in [-0.25, -0.2) is 8.78 Å². The first-order valence-electron chi connectivity index (χ1n) is 8.57. The number of thiophene rings is 1. The van der Waals surface area contributed by atoms with E-state index >= 15 is 0 Å². The van der Waals surface area contributed by atoms with E-state index in [-0.39, 0.29) is 11.7 Å². The zero-order valence-electron chi connectivity index (χ0n) is 15.4. The zero-order valence-corrected chi connectivity index (χ0v) is 16.2. The van der Waals surface area contributed by atoms with Gasteiger partial charge in [0.25, 0.3) is 5.91 Å². The highest BCUT2D eigenvalue weighted by Gasteiger charge is 2.24. The average Bonchev–Trinajstić information content (AvgIpc) is 3.22. The Labute approximate surface area is 165 Å². The molecule has 1 heterocycles. The predicted octanol–water partition coefficient (Wildman–Crippen LogP) is 5.04. The number of hydrogen-bond donors (Lipinski definition) is 0. The molecule has 1 aromatic heterocycles. The van der Waals surface area contributed by atoms with Crippen molar-refractivity contribution in [3.63, 3.8) is 0 Å². The van der Waals surface area contributed by atoms with Crippen LogP contribution in [0.3, 0.4) is 0 Å². The van der Waals surface area contributed by atoms with Gasteiger partial charge in [-0.3, -0.25) is 4.79 Å². The molecule has 3 aromatic rings. The number of hydrogen-bond acceptors (Lipinski definition) is 4. The molecule has 146 valence electrons. The Morgan fingerprint density at radius 1 is 1.07 bits per heavy atom. The number of halogens is 2. The van der Waals surface area contributed by atoms with Crippen molar-refractivity contribution in [1.29, 1.82) is 0 Å². The van der Waals surface area contributed by atoms with Gasteiger partial charge in [0.05, 0.1) is 13.7 Å². The largest absolute Gasteiger partial charge is 0.497 e. The molecule has 0 aliphatic carbocycles. The van der Waals surface area contributed by atoms with E-state index in [4.69, 9.17) is 9.47 Å². The minimum atomic E-state index is -1.03. The van der Waals surface area contributed by atoms with Crippen LogP contribution in [0.5, 0.6) is 11.5 Å². The van der Waals surface area contributed by atoms with Crippen LogP contribution in [-0.2, 0) is 11.3 Å². The molecule has 0 saturated carbocycles. The third-order valence-electron chi connectivity index (χ3n) is 4.10. The summed E-state index contributed by atoms with van der Waals surface area (Å²) >= 11 is 1.54. The van der Waals surface area contributed by atoms with Crippen molar-refractivity contribution < 1.29 is 23.0 Å². The first-order chi connectivity index (χ1) is 13.5. The minimum absolute atomic E-state index is 0.0885. The Hall–Kier alpha value is -2.93. The van der Waals surface area contributed by atoms with Gasteiger partial charge < -0.3 is 14.4 Å². The lowest BCUT2D eigenvalue weighted by atomic mass is 10.2. The lowest BCUT2D eigenvalue weighted by Crippen LogP contribution is -2.40. The average molecular weight is 403 g/mol. The third-order valence-corrected chi connectivity index (χ3v) is 4.96. The smallest absolute Gasteiger partial charge is 0.268 e. The molecule has 0 N–H and O–H groups in total. The van der Waals surface area contributed by atoms with Gasteiger partial charge in [-0.1, -0.05) is 6.07 Å². The topological polar surface area (TPSA) is 38.8 Å². The number of anilines is 1. The van der Waals surface area contributed by atoms with Gasteiger partial charge in [-0.05, 0) is 54.8 Å². The summed E-state index contributed by atoms with van der Waals surface area (Å²) in [5.74, 6) is -1.53. The monoisotopic (exact) mass is 403 g/mol. The van der Waals surface area contributed by atoms with E-state index in [1.54, 1.807) is 43.2 Å². The van der Waals surface area contributed by atoms with Gasteiger partial charge in [0.2, 0.25) is 0 Å². The van der Waals surface area contributed by atoms with E-state index in [1.807, 2.05) is 17.5 Å². The molecule has 0 aliphatic rings. The highest BCUT2D eigenvalue weighted by molar-refractivity contribution is 7.09. The van der Waals surface area contributed by atoms with E-state index in [0.29, 0.717) is 18.0 Å². The quantitative estimate of drug-likeness (QED) is 0.555. The van der Waals surface area contributed by atoms with Crippen LogP contribution in [0.2, 0.25) is 0 Å². The molecule has 0 fully saturated rings. The number of benzene rings is 2. The molecular weight excluding hydrogens is 384 g/mol. The standard InChI is InChI=1S/C21H19F2NO3S/c1-14(27-17-9-10-19(22)20(23)12-17)21(25)24(13-18-4-3-11-28-18)15-5-7-16(26-2)8-6-15/h3-12,14H,13H2,1-2H3. The highest BCUT2D eigenvalue weighted by atomic mass is 32.1. The SMILES string of the molecule is COc1ccc(N(Cc2cccs2)C(=O)C(C)Oc2ccc(F)c(F)c2)cc1. The number of carbonyl (C=O) groups is 1. The van der Waals surface area contributed by atoms with Gasteiger partial charge >= 0.3 is 0 Å². The molecule has 7 heteroatoms. The van der Waals surface area contributed by atoms with E-state index in [9.17, 15) is 13.6 Å². The summed E-state index contributed by atoms with van der Waals surface area (Å²) in [7, 11) is 1.57. The molecule has 1 unspecified atom stereocenters. The Balaban J connectivity index is 1.82. The van der Waals surface area contributed by atoms with Gasteiger partial charge in [-0.2, -0.15) is 0 Å². The second-order valence-electron chi connectivity index (χ2n) is 6.04. The number of ether oxygens (including phenoxy) is 2. The van der Waals surface area contributed by atoms with Crippen molar-refractivity contribution in [2.45, 2.75) is 19.6 Å². The molecule has 28 heavy (non-hydrogen) atoms. The van der Waals surface area contributed by atoms with Gasteiger partial charge in [-0.15, -0.1) is 11.3 Å². The summed E-state index contributed by atoms with van der Waals surface area (Å²) in [5.41, 5.74) is 0.680. The van der Waals surface area contributed by atoms with Gasteiger partial charge in [0, 0.05) is 16.6 Å². The fraction of sp³-hybridized carbons (Fsp3) is 0.190. The Kier molecular flexibility index (Phi) is 6.26. The number of carbonyl (C=O) groups excluding carboxylic acids is 1. The Morgan fingerprint density at radius 3 is 2.39 bits per heavy atom. The molecule has 0 saturated heterocycles. The van der Waals surface area contributed by atoms with Crippen molar-refractivity contribution in [3.05, 3.63) is 76.5 Å². The van der Waals surface area contributed by atoms with Gasteiger partial charge in [0.1, 0.15) is 11.5 Å². The predicted molar refractivity (Wildman–Crippen MR) is 105 cm³/mol. The second kappa shape index (κ2) is 8.84. The summed E-state index contributed by atoms with van der Waals surface area (Å²) in [6, 6.07) is 14.1. The van der Waals surface area contributed by atoms with Crippen LogP contribution in [0.25, 0.3) is 0 Å². The maximum Gasteiger partial charge on any atom is 0.268 e. The molecule has 0 spiro atoms. The third kappa shape index (κ3) is 4.67. The van der Waals surface area contributed by atoms with Crippen LogP contribution in [0, 0.1) is 11.6 Å². The van der Waals surface area contributed by atoms with Crippen molar-refractivity contribution in [1.82, 2.24) is 0 Å². The van der Waals surface area contributed by atoms with E-state index in [1.165, 1.54) is 17.4 Å². The number of nitrogens with zero attached hydrogens (tertiary/aromatic N) is 1. The number of rotatable bonds is 7. The molecular formula is C21H19F2NO3S. The van der Waals surface area contributed by atoms with Crippen LogP contribution in [0.15, 0.2) is 60.0 Å². The Morgan fingerprint density at radius 2 is 1.79 bits per heavy atom. The molecule has 3 rings (SSSR count). The molecule has 4 nitrogen and oxygen atoms in total. The first-order valence-corrected chi connectivity index (χ1v) is 9.45. The first kappa shape index (κ1) is 19.8. The molecule has 0 aliphatic heterocycles. The van der Waals surface area contributed by atoms with Crippen molar-refractivity contribution >= 4 is 22.9 Å². The summed E-state index contributed by atoms with van der Waals surface area (Å²) in [6.07, 6.45) is -0.896. The molecule has 0 radical (unpaired) electrons. The lowest BCUT2D eigenvalue weighted by molar-refractivity contribution is -0.124. The van der Waals surface area contributed by atoms with Crippen LogP contribution in [-0.4, -0.2) is 19.1 Å². The minimum Gasteiger partial charge on any atom is -0.497 e. The van der Waals surface area contributed by atoms with Crippen LogP contribution >= 0.6 is 11.3 Å². The molecule has 0 bridgehead atoms. The summed E-state index contributed by atoms with van der Waals surface area (Å²) in [6.45, 7) is 1.95. The van der Waals surface area contributed by atoms with Crippen molar-refractivity contribution in [3.8, 4) is 11.5 Å². The highest BCUT2D eigenvalue weighted by Crippen LogP contribution is 2.25. The van der Waals surface area contributed by atoms with Gasteiger partial charge in [0.15, 0.2) is 17.7 Å². The number of amides is 1. The summed E-state index contributed by atoms with van der Waals surface area (Å²) in [4.78, 5) is 15.7. The zero-order chi connectivity index (χ0) is 20.1. The number of methoxy groups -OCH3 is 1. The lowest BCUT2D eigenvalue weighted by Gasteiger charge is -2.26. The fourth-order valence-electron chi connectivity index (χ4n) is 2.64. The molecule has 1 amide bonds. The Bertz CT molecular complexity index is 929. The van der Waals surface area contributed by atoms with Crippen molar-refractivity contribution in [2.24, 2.45) is 0 Å². The molecule has 2 aromatic carbocycles. The fourth-order valence-corrected chi connectivity index (χ4v) is 3.33. The molecule has 1 atom stereocenters. The van der Waals surface area contributed by atoms with Crippen molar-refractivity contribution in [2.75, 3.05) is 12.0 Å². The summed E-state index contributed by atoms with van der Waals surface area (Å²) in [5, 5.41) is 1.94. The van der Waals surface area contributed by atoms with E-state index in [0.717, 1.165) is 17.0 Å². The van der Waals surface area contributed by atoms with Crippen LogP contribution < -0.4 is 14.4 Å².